The Balaban J connectivity index is 0.00000144. The number of thiophene rings is 1. The molecule has 3 heteroatoms. The lowest BCUT2D eigenvalue weighted by molar-refractivity contribution is 0.938. The first-order valence-corrected chi connectivity index (χ1v) is 6.59. The SMILES string of the molecule is CCCc1sc2c(c1C=NC)C=CCC=C2.I. The maximum Gasteiger partial charge on any atom is 0.0349 e. The van der Waals surface area contributed by atoms with Gasteiger partial charge in [0.1, 0.15) is 0 Å². The smallest absolute Gasteiger partial charge is 0.0349 e. The highest BCUT2D eigenvalue weighted by molar-refractivity contribution is 14.0. The molecule has 0 radical (unpaired) electrons. The van der Waals surface area contributed by atoms with Gasteiger partial charge in [-0.2, -0.15) is 0 Å². The van der Waals surface area contributed by atoms with Crippen LogP contribution in [0.5, 0.6) is 0 Å². The van der Waals surface area contributed by atoms with Crippen molar-refractivity contribution in [3.63, 3.8) is 0 Å². The Kier molecular flexibility index (Phi) is 6.12. The fraction of sp³-hybridized carbons (Fsp3) is 0.357. The number of aliphatic imine (C=N–C) groups is 1. The predicted octanol–water partition coefficient (Wildman–Crippen LogP) is 4.80. The quantitative estimate of drug-likeness (QED) is 0.543. The van der Waals surface area contributed by atoms with Crippen LogP contribution in [0, 0.1) is 0 Å². The Bertz CT molecular complexity index is 455. The summed E-state index contributed by atoms with van der Waals surface area (Å²) in [5, 5.41) is 0. The molecule has 0 spiro atoms. The Morgan fingerprint density at radius 3 is 2.82 bits per heavy atom. The van der Waals surface area contributed by atoms with Crippen LogP contribution in [0.1, 0.15) is 40.6 Å². The largest absolute Gasteiger partial charge is 0.296 e. The Labute approximate surface area is 124 Å². The third kappa shape index (κ3) is 3.28. The molecule has 0 unspecified atom stereocenters. The third-order valence-corrected chi connectivity index (χ3v) is 3.90. The number of hydrogen-bond donors (Lipinski definition) is 0. The molecular weight excluding hydrogens is 341 g/mol. The van der Waals surface area contributed by atoms with Gasteiger partial charge in [0.25, 0.3) is 0 Å². The maximum atomic E-state index is 4.18. The Morgan fingerprint density at radius 2 is 2.12 bits per heavy atom. The number of hydrogen-bond acceptors (Lipinski definition) is 2. The summed E-state index contributed by atoms with van der Waals surface area (Å²) < 4.78 is 0. The van der Waals surface area contributed by atoms with Crippen LogP contribution in [-0.2, 0) is 6.42 Å². The fourth-order valence-electron chi connectivity index (χ4n) is 1.94. The molecule has 2 rings (SSSR count). The number of fused-ring (bicyclic) bond motifs is 1. The number of aryl methyl sites for hydroxylation is 1. The molecule has 1 nitrogen and oxygen atoms in total. The van der Waals surface area contributed by atoms with Crippen molar-refractivity contribution >= 4 is 53.7 Å². The van der Waals surface area contributed by atoms with Gasteiger partial charge in [0, 0.05) is 34.1 Å². The number of rotatable bonds is 3. The van der Waals surface area contributed by atoms with E-state index in [2.05, 4.69) is 36.2 Å². The van der Waals surface area contributed by atoms with E-state index in [-0.39, 0.29) is 24.0 Å². The van der Waals surface area contributed by atoms with E-state index in [1.54, 1.807) is 0 Å². The summed E-state index contributed by atoms with van der Waals surface area (Å²) in [4.78, 5) is 7.03. The van der Waals surface area contributed by atoms with Crippen molar-refractivity contribution in [1.82, 2.24) is 0 Å². The molecule has 92 valence electrons. The zero-order valence-electron chi connectivity index (χ0n) is 10.3. The Morgan fingerprint density at radius 1 is 1.35 bits per heavy atom. The molecular formula is C14H18INS. The van der Waals surface area contributed by atoms with Crippen LogP contribution in [0.15, 0.2) is 17.1 Å². The number of halogens is 1. The van der Waals surface area contributed by atoms with Crippen LogP contribution in [0.3, 0.4) is 0 Å². The Hall–Kier alpha value is -0.420. The zero-order valence-corrected chi connectivity index (χ0v) is 13.4. The molecule has 0 bridgehead atoms. The highest BCUT2D eigenvalue weighted by atomic mass is 127. The minimum Gasteiger partial charge on any atom is -0.296 e. The van der Waals surface area contributed by atoms with Gasteiger partial charge in [-0.15, -0.1) is 35.3 Å². The van der Waals surface area contributed by atoms with Crippen LogP contribution in [-0.4, -0.2) is 13.3 Å². The average Bonchev–Trinajstić information content (AvgIpc) is 2.49. The highest BCUT2D eigenvalue weighted by Crippen LogP contribution is 2.32. The van der Waals surface area contributed by atoms with Gasteiger partial charge in [0.2, 0.25) is 0 Å². The molecule has 1 aromatic heterocycles. The van der Waals surface area contributed by atoms with E-state index in [1.165, 1.54) is 27.3 Å². The second kappa shape index (κ2) is 7.11. The monoisotopic (exact) mass is 359 g/mol. The molecule has 0 aromatic carbocycles. The van der Waals surface area contributed by atoms with Crippen LogP contribution < -0.4 is 0 Å². The summed E-state index contributed by atoms with van der Waals surface area (Å²) in [5.41, 5.74) is 2.68. The summed E-state index contributed by atoms with van der Waals surface area (Å²) in [6.45, 7) is 2.23. The minimum atomic E-state index is 0. The second-order valence-corrected chi connectivity index (χ2v) is 5.03. The van der Waals surface area contributed by atoms with Crippen molar-refractivity contribution in [2.24, 2.45) is 4.99 Å². The molecule has 0 aliphatic heterocycles. The molecule has 0 saturated heterocycles. The van der Waals surface area contributed by atoms with Crippen LogP contribution in [0.25, 0.3) is 12.2 Å². The molecule has 0 N–H and O–H groups in total. The summed E-state index contributed by atoms with van der Waals surface area (Å²) in [5.74, 6) is 0. The lowest BCUT2D eigenvalue weighted by Gasteiger charge is -1.97. The van der Waals surface area contributed by atoms with E-state index in [1.807, 2.05) is 24.6 Å². The number of allylic oxidation sites excluding steroid dienone is 2. The molecule has 0 atom stereocenters. The molecule has 0 amide bonds. The molecule has 1 aliphatic carbocycles. The maximum absolute atomic E-state index is 4.18. The van der Waals surface area contributed by atoms with Crippen LogP contribution >= 0.6 is 35.3 Å². The van der Waals surface area contributed by atoms with Gasteiger partial charge in [0.15, 0.2) is 0 Å². The van der Waals surface area contributed by atoms with E-state index in [0.717, 1.165) is 12.8 Å². The van der Waals surface area contributed by atoms with Crippen molar-refractivity contribution in [3.05, 3.63) is 33.0 Å². The standard InChI is InChI=1S/C14H17NS.HI/c1-3-7-13-12(10-15-2)11-8-5-4-6-9-14(11)16-13;/h5-6,8-10H,3-4,7H2,1-2H3;1H. The van der Waals surface area contributed by atoms with Crippen molar-refractivity contribution in [1.29, 1.82) is 0 Å². The zero-order chi connectivity index (χ0) is 11.4. The van der Waals surface area contributed by atoms with E-state index in [9.17, 15) is 0 Å². The molecule has 0 saturated carbocycles. The summed E-state index contributed by atoms with van der Waals surface area (Å²) in [6.07, 6.45) is 14.3. The summed E-state index contributed by atoms with van der Waals surface area (Å²) in [6, 6.07) is 0. The normalized spacial score (nSPS) is 13.5. The molecule has 17 heavy (non-hydrogen) atoms. The summed E-state index contributed by atoms with van der Waals surface area (Å²) in [7, 11) is 1.84. The molecule has 0 fully saturated rings. The van der Waals surface area contributed by atoms with Crippen molar-refractivity contribution in [2.45, 2.75) is 26.2 Å². The van der Waals surface area contributed by atoms with E-state index >= 15 is 0 Å². The lowest BCUT2D eigenvalue weighted by Crippen LogP contribution is -1.89. The second-order valence-electron chi connectivity index (χ2n) is 3.89. The molecule has 1 aliphatic rings. The lowest BCUT2D eigenvalue weighted by atomic mass is 10.1. The van der Waals surface area contributed by atoms with Gasteiger partial charge >= 0.3 is 0 Å². The van der Waals surface area contributed by atoms with E-state index < -0.39 is 0 Å². The predicted molar refractivity (Wildman–Crippen MR) is 89.9 cm³/mol. The fourth-order valence-corrected chi connectivity index (χ4v) is 3.24. The van der Waals surface area contributed by atoms with E-state index in [0.29, 0.717) is 0 Å². The van der Waals surface area contributed by atoms with Gasteiger partial charge in [-0.3, -0.25) is 4.99 Å². The van der Waals surface area contributed by atoms with Gasteiger partial charge in [-0.05, 0) is 18.9 Å². The van der Waals surface area contributed by atoms with Crippen molar-refractivity contribution in [3.8, 4) is 0 Å². The van der Waals surface area contributed by atoms with Crippen molar-refractivity contribution in [2.75, 3.05) is 7.05 Å². The van der Waals surface area contributed by atoms with Gasteiger partial charge in [-0.25, -0.2) is 0 Å². The minimum absolute atomic E-state index is 0. The first-order chi connectivity index (χ1) is 7.86. The van der Waals surface area contributed by atoms with Gasteiger partial charge in [0.05, 0.1) is 0 Å². The molecule has 1 heterocycles. The van der Waals surface area contributed by atoms with Crippen LogP contribution in [0.2, 0.25) is 0 Å². The van der Waals surface area contributed by atoms with Crippen molar-refractivity contribution < 1.29 is 0 Å². The van der Waals surface area contributed by atoms with Gasteiger partial charge in [-0.1, -0.05) is 31.6 Å². The first-order valence-electron chi connectivity index (χ1n) is 5.77. The third-order valence-electron chi connectivity index (χ3n) is 2.65. The van der Waals surface area contributed by atoms with E-state index in [4.69, 9.17) is 0 Å². The first kappa shape index (κ1) is 14.6. The molecule has 1 aromatic rings. The highest BCUT2D eigenvalue weighted by Gasteiger charge is 2.13. The average molecular weight is 359 g/mol. The topological polar surface area (TPSA) is 12.4 Å². The van der Waals surface area contributed by atoms with Gasteiger partial charge < -0.3 is 0 Å². The number of nitrogens with zero attached hydrogens (tertiary/aromatic N) is 1. The summed E-state index contributed by atoms with van der Waals surface area (Å²) >= 11 is 1.91. The van der Waals surface area contributed by atoms with Crippen LogP contribution in [0.4, 0.5) is 0 Å².